The van der Waals surface area contributed by atoms with Gasteiger partial charge in [0.25, 0.3) is 0 Å². The fourth-order valence-electron chi connectivity index (χ4n) is 2.67. The summed E-state index contributed by atoms with van der Waals surface area (Å²) < 4.78 is 7.59. The van der Waals surface area contributed by atoms with Gasteiger partial charge in [0.2, 0.25) is 0 Å². The average molecular weight is 310 g/mol. The van der Waals surface area contributed by atoms with Gasteiger partial charge in [-0.3, -0.25) is 0 Å². The van der Waals surface area contributed by atoms with Gasteiger partial charge in [0, 0.05) is 11.8 Å². The minimum Gasteiger partial charge on any atom is -0.494 e. The molecule has 0 aliphatic heterocycles. The topological polar surface area (TPSA) is 46.8 Å². The molecule has 1 N–H and O–H groups in total. The molecule has 4 heteroatoms. The summed E-state index contributed by atoms with van der Waals surface area (Å²) in [6.45, 7) is 4.77. The van der Waals surface area contributed by atoms with Crippen molar-refractivity contribution in [2.24, 2.45) is 0 Å². The first-order chi connectivity index (χ1) is 11.2. The van der Waals surface area contributed by atoms with Gasteiger partial charge in [-0.25, -0.2) is 4.98 Å². The summed E-state index contributed by atoms with van der Waals surface area (Å²) in [6, 6.07) is 13.8. The molecule has 0 amide bonds. The predicted molar refractivity (Wildman–Crippen MR) is 91.7 cm³/mol. The highest BCUT2D eigenvalue weighted by molar-refractivity contribution is 5.67. The van der Waals surface area contributed by atoms with Crippen molar-refractivity contribution in [1.29, 1.82) is 0 Å². The number of hydrogen-bond acceptors (Lipinski definition) is 3. The zero-order valence-electron chi connectivity index (χ0n) is 13.6. The van der Waals surface area contributed by atoms with Crippen molar-refractivity contribution in [3.8, 4) is 17.0 Å². The Balaban J connectivity index is 2.04. The molecule has 2 heterocycles. The van der Waals surface area contributed by atoms with E-state index in [1.165, 1.54) is 0 Å². The number of imidazole rings is 1. The first-order valence-electron chi connectivity index (χ1n) is 8.12. The van der Waals surface area contributed by atoms with Crippen LogP contribution in [0.15, 0.2) is 48.7 Å². The van der Waals surface area contributed by atoms with Crippen LogP contribution in [-0.4, -0.2) is 21.1 Å². The van der Waals surface area contributed by atoms with Crippen LogP contribution in [0.2, 0.25) is 0 Å². The Bertz CT molecular complexity index is 778. The predicted octanol–water partition coefficient (Wildman–Crippen LogP) is 4.23. The Labute approximate surface area is 136 Å². The van der Waals surface area contributed by atoms with Crippen molar-refractivity contribution >= 4 is 5.65 Å². The van der Waals surface area contributed by atoms with Gasteiger partial charge in [-0.1, -0.05) is 19.9 Å². The van der Waals surface area contributed by atoms with E-state index in [2.05, 4.69) is 6.92 Å². The molecule has 120 valence electrons. The molecule has 1 aromatic carbocycles. The van der Waals surface area contributed by atoms with E-state index in [1.807, 2.05) is 60.0 Å². The lowest BCUT2D eigenvalue weighted by Crippen LogP contribution is -2.02. The maximum atomic E-state index is 10.4. The Kier molecular flexibility index (Phi) is 4.63. The van der Waals surface area contributed by atoms with Gasteiger partial charge in [0.1, 0.15) is 11.4 Å². The van der Waals surface area contributed by atoms with Crippen molar-refractivity contribution < 1.29 is 9.84 Å². The van der Waals surface area contributed by atoms with E-state index in [9.17, 15) is 5.11 Å². The third kappa shape index (κ3) is 3.08. The van der Waals surface area contributed by atoms with E-state index in [0.717, 1.165) is 34.8 Å². The minimum atomic E-state index is -0.543. The highest BCUT2D eigenvalue weighted by Gasteiger charge is 2.19. The monoisotopic (exact) mass is 310 g/mol. The summed E-state index contributed by atoms with van der Waals surface area (Å²) in [4.78, 5) is 4.71. The average Bonchev–Trinajstić information content (AvgIpc) is 2.99. The second kappa shape index (κ2) is 6.84. The highest BCUT2D eigenvalue weighted by atomic mass is 16.5. The number of aliphatic hydroxyl groups is 1. The zero-order chi connectivity index (χ0) is 16.2. The van der Waals surface area contributed by atoms with E-state index in [4.69, 9.17) is 9.72 Å². The van der Waals surface area contributed by atoms with Gasteiger partial charge < -0.3 is 14.2 Å². The van der Waals surface area contributed by atoms with Gasteiger partial charge in [-0.15, -0.1) is 0 Å². The number of nitrogens with zero attached hydrogens (tertiary/aromatic N) is 2. The van der Waals surface area contributed by atoms with Gasteiger partial charge in [0.05, 0.1) is 24.1 Å². The van der Waals surface area contributed by atoms with Gasteiger partial charge in [0.15, 0.2) is 0 Å². The maximum absolute atomic E-state index is 10.4. The Morgan fingerprint density at radius 2 is 1.91 bits per heavy atom. The lowest BCUT2D eigenvalue weighted by molar-refractivity contribution is 0.168. The van der Waals surface area contributed by atoms with Crippen LogP contribution in [0.5, 0.6) is 5.75 Å². The molecule has 23 heavy (non-hydrogen) atoms. The normalized spacial score (nSPS) is 12.5. The van der Waals surface area contributed by atoms with Crippen molar-refractivity contribution in [2.75, 3.05) is 6.61 Å². The van der Waals surface area contributed by atoms with E-state index >= 15 is 0 Å². The summed E-state index contributed by atoms with van der Waals surface area (Å²) in [5, 5.41) is 10.4. The fourth-order valence-corrected chi connectivity index (χ4v) is 2.67. The Morgan fingerprint density at radius 3 is 2.61 bits per heavy atom. The van der Waals surface area contributed by atoms with Crippen molar-refractivity contribution in [3.05, 3.63) is 54.4 Å². The standard InChI is InChI=1S/C19H22N2O2/c1-3-13-23-15-10-8-14(9-11-15)18-19(16(22)4-2)21-12-6-5-7-17(21)20-18/h5-12,16,22H,3-4,13H2,1-2H3. The number of pyridine rings is 1. The molecule has 0 aliphatic carbocycles. The molecule has 1 atom stereocenters. The molecule has 0 bridgehead atoms. The van der Waals surface area contributed by atoms with Crippen molar-refractivity contribution in [3.63, 3.8) is 0 Å². The molecule has 0 aliphatic rings. The van der Waals surface area contributed by atoms with Crippen LogP contribution in [-0.2, 0) is 0 Å². The summed E-state index contributed by atoms with van der Waals surface area (Å²) >= 11 is 0. The van der Waals surface area contributed by atoms with Crippen LogP contribution >= 0.6 is 0 Å². The molecule has 0 saturated heterocycles. The van der Waals surface area contributed by atoms with Crippen LogP contribution in [0.3, 0.4) is 0 Å². The van der Waals surface area contributed by atoms with Crippen LogP contribution in [0.25, 0.3) is 16.9 Å². The number of rotatable bonds is 6. The summed E-state index contributed by atoms with van der Waals surface area (Å²) in [5.41, 5.74) is 3.49. The van der Waals surface area contributed by atoms with E-state index in [0.29, 0.717) is 13.0 Å². The third-order valence-electron chi connectivity index (χ3n) is 3.87. The molecule has 1 unspecified atom stereocenters. The Hall–Kier alpha value is -2.33. The minimum absolute atomic E-state index is 0.543. The van der Waals surface area contributed by atoms with E-state index in [1.54, 1.807) is 0 Å². The van der Waals surface area contributed by atoms with Crippen LogP contribution in [0.4, 0.5) is 0 Å². The van der Waals surface area contributed by atoms with Crippen LogP contribution < -0.4 is 4.74 Å². The van der Waals surface area contributed by atoms with E-state index in [-0.39, 0.29) is 0 Å². The molecule has 0 saturated carbocycles. The molecule has 4 nitrogen and oxygen atoms in total. The molecule has 0 spiro atoms. The number of hydrogen-bond donors (Lipinski definition) is 1. The molecule has 2 aromatic heterocycles. The van der Waals surface area contributed by atoms with Crippen LogP contribution in [0, 0.1) is 0 Å². The second-order valence-electron chi connectivity index (χ2n) is 5.57. The molecule has 3 rings (SSSR count). The molecular formula is C19H22N2O2. The largest absolute Gasteiger partial charge is 0.494 e. The lowest BCUT2D eigenvalue weighted by Gasteiger charge is -2.11. The summed E-state index contributed by atoms with van der Waals surface area (Å²) in [6.07, 6.45) is 3.03. The molecule has 0 fully saturated rings. The first-order valence-corrected chi connectivity index (χ1v) is 8.12. The molecule has 3 aromatic rings. The number of aliphatic hydroxyl groups excluding tert-OH is 1. The lowest BCUT2D eigenvalue weighted by atomic mass is 10.1. The highest BCUT2D eigenvalue weighted by Crippen LogP contribution is 2.31. The Morgan fingerprint density at radius 1 is 1.13 bits per heavy atom. The zero-order valence-corrected chi connectivity index (χ0v) is 13.6. The molecule has 0 radical (unpaired) electrons. The number of fused-ring (bicyclic) bond motifs is 1. The fraction of sp³-hybridized carbons (Fsp3) is 0.316. The van der Waals surface area contributed by atoms with Crippen molar-refractivity contribution in [1.82, 2.24) is 9.38 Å². The van der Waals surface area contributed by atoms with Gasteiger partial charge >= 0.3 is 0 Å². The van der Waals surface area contributed by atoms with Crippen LogP contribution in [0.1, 0.15) is 38.5 Å². The number of ether oxygens (including phenoxy) is 1. The number of aromatic nitrogens is 2. The quantitative estimate of drug-likeness (QED) is 0.741. The smallest absolute Gasteiger partial charge is 0.137 e. The van der Waals surface area contributed by atoms with Gasteiger partial charge in [-0.05, 0) is 49.2 Å². The summed E-state index contributed by atoms with van der Waals surface area (Å²) in [7, 11) is 0. The maximum Gasteiger partial charge on any atom is 0.137 e. The first kappa shape index (κ1) is 15.6. The second-order valence-corrected chi connectivity index (χ2v) is 5.57. The van der Waals surface area contributed by atoms with Crippen molar-refractivity contribution in [2.45, 2.75) is 32.8 Å². The molecular weight excluding hydrogens is 288 g/mol. The SMILES string of the molecule is CCCOc1ccc(-c2nc3ccccn3c2C(O)CC)cc1. The number of benzene rings is 1. The third-order valence-corrected chi connectivity index (χ3v) is 3.87. The van der Waals surface area contributed by atoms with Gasteiger partial charge in [-0.2, -0.15) is 0 Å². The van der Waals surface area contributed by atoms with E-state index < -0.39 is 6.10 Å². The summed E-state index contributed by atoms with van der Waals surface area (Å²) in [5.74, 6) is 0.858.